The molecule has 0 fully saturated rings. The number of halogens is 1. The molecular formula is C14H19BrN2. The van der Waals surface area contributed by atoms with Gasteiger partial charge in [-0.15, -0.1) is 6.42 Å². The van der Waals surface area contributed by atoms with Crippen molar-refractivity contribution in [1.29, 1.82) is 0 Å². The molecule has 1 N–H and O–H groups in total. The van der Waals surface area contributed by atoms with Gasteiger partial charge in [-0.1, -0.05) is 40.9 Å². The first-order valence-corrected chi connectivity index (χ1v) is 6.56. The number of nitrogens with zero attached hydrogens (tertiary/aromatic N) is 1. The molecule has 0 atom stereocenters. The Bertz CT molecular complexity index is 396. The molecule has 92 valence electrons. The standard InChI is InChI=1S/C14H19BrN2/c1-4-8-17(3)11-13-7-6-12(9-14(13)15)10-16-5-2/h1,6-7,9,16H,5,8,10-11H2,2-3H3. The molecule has 17 heavy (non-hydrogen) atoms. The predicted octanol–water partition coefficient (Wildman–Crippen LogP) is 2.62. The van der Waals surface area contributed by atoms with Crippen molar-refractivity contribution in [2.24, 2.45) is 0 Å². The molecule has 0 radical (unpaired) electrons. The van der Waals surface area contributed by atoms with E-state index in [1.165, 1.54) is 11.1 Å². The molecule has 0 saturated carbocycles. The van der Waals surface area contributed by atoms with Gasteiger partial charge in [-0.3, -0.25) is 4.90 Å². The molecule has 1 aromatic carbocycles. The highest BCUT2D eigenvalue weighted by Gasteiger charge is 2.04. The predicted molar refractivity (Wildman–Crippen MR) is 76.7 cm³/mol. The lowest BCUT2D eigenvalue weighted by molar-refractivity contribution is 0.368. The average molecular weight is 295 g/mol. The summed E-state index contributed by atoms with van der Waals surface area (Å²) in [5, 5.41) is 3.31. The summed E-state index contributed by atoms with van der Waals surface area (Å²) < 4.78 is 1.15. The maximum atomic E-state index is 5.29. The number of hydrogen-bond donors (Lipinski definition) is 1. The van der Waals surface area contributed by atoms with Crippen LogP contribution in [0.5, 0.6) is 0 Å². The Morgan fingerprint density at radius 2 is 2.24 bits per heavy atom. The Kier molecular flexibility index (Phi) is 6.28. The topological polar surface area (TPSA) is 15.3 Å². The van der Waals surface area contributed by atoms with Crippen molar-refractivity contribution in [3.8, 4) is 12.3 Å². The van der Waals surface area contributed by atoms with Gasteiger partial charge in [0.15, 0.2) is 0 Å². The highest BCUT2D eigenvalue weighted by Crippen LogP contribution is 2.20. The van der Waals surface area contributed by atoms with Crippen LogP contribution in [0.1, 0.15) is 18.1 Å². The van der Waals surface area contributed by atoms with Gasteiger partial charge in [0.25, 0.3) is 0 Å². The number of benzene rings is 1. The third-order valence-electron chi connectivity index (χ3n) is 2.50. The van der Waals surface area contributed by atoms with Crippen LogP contribution in [-0.2, 0) is 13.1 Å². The molecule has 0 aromatic heterocycles. The van der Waals surface area contributed by atoms with E-state index in [4.69, 9.17) is 6.42 Å². The maximum absolute atomic E-state index is 5.29. The largest absolute Gasteiger partial charge is 0.313 e. The first-order chi connectivity index (χ1) is 8.17. The molecule has 0 unspecified atom stereocenters. The molecule has 0 heterocycles. The lowest BCUT2D eigenvalue weighted by Gasteiger charge is -2.15. The molecule has 0 aliphatic rings. The summed E-state index contributed by atoms with van der Waals surface area (Å²) in [4.78, 5) is 2.12. The fourth-order valence-electron chi connectivity index (χ4n) is 1.60. The van der Waals surface area contributed by atoms with Crippen LogP contribution in [0.3, 0.4) is 0 Å². The fraction of sp³-hybridized carbons (Fsp3) is 0.429. The van der Waals surface area contributed by atoms with E-state index in [0.29, 0.717) is 6.54 Å². The molecular weight excluding hydrogens is 276 g/mol. The summed E-state index contributed by atoms with van der Waals surface area (Å²) in [6.07, 6.45) is 5.29. The zero-order valence-electron chi connectivity index (χ0n) is 10.5. The summed E-state index contributed by atoms with van der Waals surface area (Å²) >= 11 is 3.61. The quantitative estimate of drug-likeness (QED) is 0.812. The second-order valence-corrected chi connectivity index (χ2v) is 4.94. The molecule has 0 spiro atoms. The highest BCUT2D eigenvalue weighted by molar-refractivity contribution is 9.10. The Hall–Kier alpha value is -0.820. The van der Waals surface area contributed by atoms with Crippen LogP contribution in [0.25, 0.3) is 0 Å². The van der Waals surface area contributed by atoms with E-state index in [0.717, 1.165) is 24.1 Å². The van der Waals surface area contributed by atoms with Crippen LogP contribution in [0.2, 0.25) is 0 Å². The Morgan fingerprint density at radius 1 is 1.47 bits per heavy atom. The van der Waals surface area contributed by atoms with E-state index < -0.39 is 0 Å². The van der Waals surface area contributed by atoms with Crippen LogP contribution in [0.15, 0.2) is 22.7 Å². The normalized spacial score (nSPS) is 10.5. The van der Waals surface area contributed by atoms with Crippen molar-refractivity contribution in [2.75, 3.05) is 20.1 Å². The van der Waals surface area contributed by atoms with E-state index in [1.807, 2.05) is 7.05 Å². The molecule has 0 bridgehead atoms. The zero-order chi connectivity index (χ0) is 12.7. The minimum absolute atomic E-state index is 0.672. The highest BCUT2D eigenvalue weighted by atomic mass is 79.9. The van der Waals surface area contributed by atoms with Gasteiger partial charge in [0.05, 0.1) is 6.54 Å². The molecule has 0 amide bonds. The molecule has 2 nitrogen and oxygen atoms in total. The van der Waals surface area contributed by atoms with Gasteiger partial charge in [-0.05, 0) is 30.8 Å². The molecule has 3 heteroatoms. The van der Waals surface area contributed by atoms with Crippen LogP contribution < -0.4 is 5.32 Å². The van der Waals surface area contributed by atoms with Gasteiger partial charge in [0.2, 0.25) is 0 Å². The molecule has 0 aliphatic heterocycles. The van der Waals surface area contributed by atoms with Crippen molar-refractivity contribution in [3.63, 3.8) is 0 Å². The van der Waals surface area contributed by atoms with Gasteiger partial charge >= 0.3 is 0 Å². The second kappa shape index (κ2) is 7.50. The first-order valence-electron chi connectivity index (χ1n) is 5.77. The minimum atomic E-state index is 0.672. The van der Waals surface area contributed by atoms with Gasteiger partial charge in [0.1, 0.15) is 0 Å². The fourth-order valence-corrected chi connectivity index (χ4v) is 2.15. The molecule has 0 saturated heterocycles. The van der Waals surface area contributed by atoms with E-state index in [2.05, 4.69) is 57.2 Å². The van der Waals surface area contributed by atoms with E-state index in [1.54, 1.807) is 0 Å². The number of terminal acetylenes is 1. The van der Waals surface area contributed by atoms with Gasteiger partial charge in [0, 0.05) is 17.6 Å². The monoisotopic (exact) mass is 294 g/mol. The van der Waals surface area contributed by atoms with Crippen LogP contribution in [0.4, 0.5) is 0 Å². The SMILES string of the molecule is C#CCN(C)Cc1ccc(CNCC)cc1Br. The summed E-state index contributed by atoms with van der Waals surface area (Å²) in [5.41, 5.74) is 2.56. The van der Waals surface area contributed by atoms with E-state index >= 15 is 0 Å². The number of hydrogen-bond acceptors (Lipinski definition) is 2. The third-order valence-corrected chi connectivity index (χ3v) is 3.24. The summed E-state index contributed by atoms with van der Waals surface area (Å²) in [5.74, 6) is 2.65. The summed E-state index contributed by atoms with van der Waals surface area (Å²) in [6.45, 7) is 5.55. The van der Waals surface area contributed by atoms with E-state index in [-0.39, 0.29) is 0 Å². The zero-order valence-corrected chi connectivity index (χ0v) is 12.0. The maximum Gasteiger partial charge on any atom is 0.0599 e. The van der Waals surface area contributed by atoms with Crippen LogP contribution in [-0.4, -0.2) is 25.0 Å². The van der Waals surface area contributed by atoms with Crippen molar-refractivity contribution in [1.82, 2.24) is 10.2 Å². The van der Waals surface area contributed by atoms with Crippen molar-refractivity contribution in [2.45, 2.75) is 20.0 Å². The van der Waals surface area contributed by atoms with Crippen molar-refractivity contribution < 1.29 is 0 Å². The third kappa shape index (κ3) is 4.91. The second-order valence-electron chi connectivity index (χ2n) is 4.08. The number of rotatable bonds is 6. The Morgan fingerprint density at radius 3 is 2.82 bits per heavy atom. The van der Waals surface area contributed by atoms with Crippen molar-refractivity contribution >= 4 is 15.9 Å². The van der Waals surface area contributed by atoms with Crippen molar-refractivity contribution in [3.05, 3.63) is 33.8 Å². The summed E-state index contributed by atoms with van der Waals surface area (Å²) in [6, 6.07) is 6.48. The Balaban J connectivity index is 2.66. The lowest BCUT2D eigenvalue weighted by atomic mass is 10.1. The minimum Gasteiger partial charge on any atom is -0.313 e. The van der Waals surface area contributed by atoms with Gasteiger partial charge in [-0.2, -0.15) is 0 Å². The summed E-state index contributed by atoms with van der Waals surface area (Å²) in [7, 11) is 2.03. The van der Waals surface area contributed by atoms with Crippen LogP contribution in [0, 0.1) is 12.3 Å². The average Bonchev–Trinajstić information content (AvgIpc) is 2.30. The van der Waals surface area contributed by atoms with Gasteiger partial charge < -0.3 is 5.32 Å². The molecule has 1 aromatic rings. The Labute approximate surface area is 113 Å². The number of nitrogens with one attached hydrogen (secondary N) is 1. The first kappa shape index (κ1) is 14.2. The van der Waals surface area contributed by atoms with Crippen LogP contribution >= 0.6 is 15.9 Å². The smallest absolute Gasteiger partial charge is 0.0599 e. The lowest BCUT2D eigenvalue weighted by Crippen LogP contribution is -2.18. The molecule has 0 aliphatic carbocycles. The van der Waals surface area contributed by atoms with Gasteiger partial charge in [-0.25, -0.2) is 0 Å². The molecule has 1 rings (SSSR count). The van der Waals surface area contributed by atoms with E-state index in [9.17, 15) is 0 Å².